The van der Waals surface area contributed by atoms with E-state index in [4.69, 9.17) is 5.84 Å². The molecule has 0 bridgehead atoms. The lowest BCUT2D eigenvalue weighted by molar-refractivity contribution is 0.284. The summed E-state index contributed by atoms with van der Waals surface area (Å²) >= 11 is 0. The Morgan fingerprint density at radius 3 is 2.53 bits per heavy atom. The molecule has 104 valence electrons. The van der Waals surface area contributed by atoms with E-state index in [1.807, 2.05) is 0 Å². The quantitative estimate of drug-likeness (QED) is 0.625. The standard InChI is InChI=1S/C17H26N2/c18-19-17(11-13-7-3-1-4-8-13)16-12-15(16)14-9-5-2-6-10-14/h2,5-6,9-10,13,15-17,19H,1,3-4,7-8,11-12,18H2. The van der Waals surface area contributed by atoms with Gasteiger partial charge < -0.3 is 0 Å². The first-order valence-electron chi connectivity index (χ1n) is 7.89. The van der Waals surface area contributed by atoms with Crippen LogP contribution in [0.1, 0.15) is 56.4 Å². The predicted molar refractivity (Wildman–Crippen MR) is 79.6 cm³/mol. The van der Waals surface area contributed by atoms with Crippen LogP contribution in [-0.4, -0.2) is 6.04 Å². The third-order valence-electron chi connectivity index (χ3n) is 5.11. The van der Waals surface area contributed by atoms with E-state index in [2.05, 4.69) is 35.8 Å². The van der Waals surface area contributed by atoms with E-state index in [1.165, 1.54) is 50.5 Å². The molecular formula is C17H26N2. The van der Waals surface area contributed by atoms with Gasteiger partial charge in [-0.15, -0.1) is 0 Å². The predicted octanol–water partition coefficient (Wildman–Crippen LogP) is 3.59. The number of rotatable bonds is 5. The van der Waals surface area contributed by atoms with Crippen molar-refractivity contribution in [2.45, 2.75) is 56.9 Å². The van der Waals surface area contributed by atoms with Gasteiger partial charge in [0.1, 0.15) is 0 Å². The lowest BCUT2D eigenvalue weighted by atomic mass is 9.83. The second kappa shape index (κ2) is 6.06. The van der Waals surface area contributed by atoms with E-state index >= 15 is 0 Å². The zero-order chi connectivity index (χ0) is 13.1. The minimum atomic E-state index is 0.522. The van der Waals surface area contributed by atoms with E-state index in [0.29, 0.717) is 6.04 Å². The fourth-order valence-electron chi connectivity index (χ4n) is 3.89. The second-order valence-corrected chi connectivity index (χ2v) is 6.43. The molecule has 3 atom stereocenters. The van der Waals surface area contributed by atoms with Crippen molar-refractivity contribution in [2.75, 3.05) is 0 Å². The van der Waals surface area contributed by atoms with Gasteiger partial charge in [-0.1, -0.05) is 62.4 Å². The third-order valence-corrected chi connectivity index (χ3v) is 5.11. The Morgan fingerprint density at radius 1 is 1.11 bits per heavy atom. The van der Waals surface area contributed by atoms with Crippen molar-refractivity contribution in [3.8, 4) is 0 Å². The highest BCUT2D eigenvalue weighted by molar-refractivity contribution is 5.26. The van der Waals surface area contributed by atoms with Gasteiger partial charge in [-0.25, -0.2) is 0 Å². The van der Waals surface area contributed by atoms with E-state index < -0.39 is 0 Å². The van der Waals surface area contributed by atoms with E-state index in [0.717, 1.165) is 17.8 Å². The third kappa shape index (κ3) is 3.18. The number of hydrogen-bond donors (Lipinski definition) is 2. The van der Waals surface area contributed by atoms with Crippen molar-refractivity contribution in [3.05, 3.63) is 35.9 Å². The van der Waals surface area contributed by atoms with Gasteiger partial charge in [0.25, 0.3) is 0 Å². The topological polar surface area (TPSA) is 38.0 Å². The Kier molecular flexibility index (Phi) is 4.19. The highest BCUT2D eigenvalue weighted by Gasteiger charge is 2.43. The summed E-state index contributed by atoms with van der Waals surface area (Å²) in [6, 6.07) is 11.4. The molecule has 2 nitrogen and oxygen atoms in total. The molecule has 0 amide bonds. The molecule has 2 heteroatoms. The second-order valence-electron chi connectivity index (χ2n) is 6.43. The number of benzene rings is 1. The Hall–Kier alpha value is -0.860. The zero-order valence-electron chi connectivity index (χ0n) is 11.7. The monoisotopic (exact) mass is 258 g/mol. The molecule has 2 aliphatic rings. The maximum absolute atomic E-state index is 5.82. The summed E-state index contributed by atoms with van der Waals surface area (Å²) in [6.07, 6.45) is 9.72. The number of hydrogen-bond acceptors (Lipinski definition) is 2. The summed E-state index contributed by atoms with van der Waals surface area (Å²) in [5.41, 5.74) is 4.61. The molecule has 2 fully saturated rings. The smallest absolute Gasteiger partial charge is 0.0247 e. The summed E-state index contributed by atoms with van der Waals surface area (Å²) in [7, 11) is 0. The first-order chi connectivity index (χ1) is 9.38. The molecule has 1 aromatic rings. The summed E-state index contributed by atoms with van der Waals surface area (Å²) in [6.45, 7) is 0. The molecule has 3 rings (SSSR count). The first-order valence-corrected chi connectivity index (χ1v) is 7.89. The van der Waals surface area contributed by atoms with Crippen LogP contribution in [0.5, 0.6) is 0 Å². The van der Waals surface area contributed by atoms with Crippen molar-refractivity contribution in [3.63, 3.8) is 0 Å². The van der Waals surface area contributed by atoms with Gasteiger partial charge in [-0.05, 0) is 36.2 Å². The molecular weight excluding hydrogens is 232 g/mol. The molecule has 0 spiro atoms. The van der Waals surface area contributed by atoms with Gasteiger partial charge in [0.05, 0.1) is 0 Å². The normalized spacial score (nSPS) is 29.1. The lowest BCUT2D eigenvalue weighted by Gasteiger charge is -2.26. The van der Waals surface area contributed by atoms with E-state index in [9.17, 15) is 0 Å². The van der Waals surface area contributed by atoms with Crippen LogP contribution in [0.25, 0.3) is 0 Å². The first kappa shape index (κ1) is 13.1. The van der Waals surface area contributed by atoms with Crippen LogP contribution < -0.4 is 11.3 Å². The SMILES string of the molecule is NNC(CC1CCCCC1)C1CC1c1ccccc1. The van der Waals surface area contributed by atoms with Gasteiger partial charge in [-0.3, -0.25) is 11.3 Å². The van der Waals surface area contributed by atoms with Crippen LogP contribution in [0.15, 0.2) is 30.3 Å². The largest absolute Gasteiger partial charge is 0.271 e. The van der Waals surface area contributed by atoms with Crippen LogP contribution >= 0.6 is 0 Å². The van der Waals surface area contributed by atoms with Crippen molar-refractivity contribution < 1.29 is 0 Å². The minimum Gasteiger partial charge on any atom is -0.271 e. The highest BCUT2D eigenvalue weighted by Crippen LogP contribution is 2.50. The van der Waals surface area contributed by atoms with Crippen molar-refractivity contribution in [2.24, 2.45) is 17.7 Å². The van der Waals surface area contributed by atoms with E-state index in [-0.39, 0.29) is 0 Å². The van der Waals surface area contributed by atoms with Gasteiger partial charge in [-0.2, -0.15) is 0 Å². The van der Waals surface area contributed by atoms with Crippen LogP contribution in [0.4, 0.5) is 0 Å². The summed E-state index contributed by atoms with van der Waals surface area (Å²) < 4.78 is 0. The molecule has 19 heavy (non-hydrogen) atoms. The molecule has 2 saturated carbocycles. The fraction of sp³-hybridized carbons (Fsp3) is 0.647. The van der Waals surface area contributed by atoms with Crippen LogP contribution in [0, 0.1) is 11.8 Å². The Balaban J connectivity index is 1.55. The van der Waals surface area contributed by atoms with Gasteiger partial charge in [0.2, 0.25) is 0 Å². The van der Waals surface area contributed by atoms with E-state index in [1.54, 1.807) is 0 Å². The molecule has 0 aromatic heterocycles. The summed E-state index contributed by atoms with van der Waals surface area (Å²) in [4.78, 5) is 0. The Morgan fingerprint density at radius 2 is 1.84 bits per heavy atom. The number of nitrogens with two attached hydrogens (primary N) is 1. The molecule has 0 heterocycles. The molecule has 0 saturated heterocycles. The lowest BCUT2D eigenvalue weighted by Crippen LogP contribution is -2.39. The van der Waals surface area contributed by atoms with Crippen LogP contribution in [-0.2, 0) is 0 Å². The number of hydrazine groups is 1. The number of nitrogens with one attached hydrogen (secondary N) is 1. The maximum Gasteiger partial charge on any atom is 0.0247 e. The van der Waals surface area contributed by atoms with Crippen molar-refractivity contribution in [1.29, 1.82) is 0 Å². The Labute approximate surface area is 116 Å². The van der Waals surface area contributed by atoms with Crippen LogP contribution in [0.2, 0.25) is 0 Å². The average Bonchev–Trinajstić information content (AvgIpc) is 3.27. The van der Waals surface area contributed by atoms with Gasteiger partial charge >= 0.3 is 0 Å². The molecule has 2 aliphatic carbocycles. The van der Waals surface area contributed by atoms with Crippen molar-refractivity contribution in [1.82, 2.24) is 5.43 Å². The van der Waals surface area contributed by atoms with Crippen LogP contribution in [0.3, 0.4) is 0 Å². The molecule has 3 unspecified atom stereocenters. The Bertz CT molecular complexity index is 384. The average molecular weight is 258 g/mol. The van der Waals surface area contributed by atoms with Crippen molar-refractivity contribution >= 4 is 0 Å². The highest BCUT2D eigenvalue weighted by atomic mass is 15.2. The fourth-order valence-corrected chi connectivity index (χ4v) is 3.89. The molecule has 1 aromatic carbocycles. The summed E-state index contributed by atoms with van der Waals surface area (Å²) in [5, 5.41) is 0. The molecule has 0 radical (unpaired) electrons. The maximum atomic E-state index is 5.82. The molecule has 3 N–H and O–H groups in total. The van der Waals surface area contributed by atoms with Gasteiger partial charge in [0.15, 0.2) is 0 Å². The summed E-state index contributed by atoms with van der Waals surface area (Å²) in [5.74, 6) is 8.23. The minimum absolute atomic E-state index is 0.522. The zero-order valence-corrected chi connectivity index (χ0v) is 11.7. The van der Waals surface area contributed by atoms with Gasteiger partial charge in [0, 0.05) is 6.04 Å². The molecule has 0 aliphatic heterocycles.